The Morgan fingerprint density at radius 2 is 1.79 bits per heavy atom. The number of nitrogens with zero attached hydrogens (tertiary/aromatic N) is 3. The van der Waals surface area contributed by atoms with Gasteiger partial charge in [0.05, 0.1) is 4.88 Å². The Hall–Kier alpha value is -2.05. The molecule has 29 heavy (non-hydrogen) atoms. The van der Waals surface area contributed by atoms with Crippen molar-refractivity contribution in [1.82, 2.24) is 9.80 Å². The number of hydrogen-bond donors (Lipinski definition) is 0. The zero-order valence-electron chi connectivity index (χ0n) is 16.9. The van der Waals surface area contributed by atoms with Crippen molar-refractivity contribution >= 4 is 40.4 Å². The van der Waals surface area contributed by atoms with Gasteiger partial charge in [-0.15, -0.1) is 11.3 Å². The Labute approximate surface area is 180 Å². The fourth-order valence-electron chi connectivity index (χ4n) is 4.16. The van der Waals surface area contributed by atoms with Crippen molar-refractivity contribution in [1.29, 1.82) is 0 Å². The van der Waals surface area contributed by atoms with Crippen molar-refractivity contribution in [3.8, 4) is 0 Å². The number of carbonyl (C=O) groups is 2. The molecule has 154 valence electrons. The molecule has 5 nitrogen and oxygen atoms in total. The molecular weight excluding hydrogens is 406 g/mol. The number of halogens is 1. The predicted octanol–water partition coefficient (Wildman–Crippen LogP) is 3.56. The van der Waals surface area contributed by atoms with Crippen LogP contribution in [0.2, 0.25) is 5.02 Å². The first-order valence-electron chi connectivity index (χ1n) is 10.0. The number of fused-ring (bicyclic) bond motifs is 1. The summed E-state index contributed by atoms with van der Waals surface area (Å²) < 4.78 is 0. The standard InChI is InChI=1S/C22H26ClN3O2S/c1-24(2)22(28)20-14-16-13-15(3-8-19(16)29-20)21(27)26-11-9-25(10-12-26)18-6-4-17(23)5-7-18/h4-7,14-15H,3,8-13H2,1-2H3/t15-/m1/s1. The number of aryl methyl sites for hydroxylation is 1. The highest BCUT2D eigenvalue weighted by Crippen LogP contribution is 2.34. The molecule has 2 aromatic rings. The molecule has 0 N–H and O–H groups in total. The van der Waals surface area contributed by atoms with Gasteiger partial charge in [0.15, 0.2) is 0 Å². The number of carbonyl (C=O) groups excluding carboxylic acids is 2. The number of hydrogen-bond acceptors (Lipinski definition) is 4. The van der Waals surface area contributed by atoms with Crippen LogP contribution in [-0.2, 0) is 17.6 Å². The lowest BCUT2D eigenvalue weighted by atomic mass is 9.87. The van der Waals surface area contributed by atoms with Gasteiger partial charge in [-0.25, -0.2) is 0 Å². The van der Waals surface area contributed by atoms with Gasteiger partial charge in [-0.05, 0) is 55.2 Å². The van der Waals surface area contributed by atoms with E-state index < -0.39 is 0 Å². The summed E-state index contributed by atoms with van der Waals surface area (Å²) in [5.41, 5.74) is 2.34. The number of benzene rings is 1. The highest BCUT2D eigenvalue weighted by atomic mass is 35.5. The Morgan fingerprint density at radius 3 is 2.45 bits per heavy atom. The minimum atomic E-state index is 0.0292. The first-order chi connectivity index (χ1) is 13.9. The average molecular weight is 432 g/mol. The summed E-state index contributed by atoms with van der Waals surface area (Å²) in [5, 5.41) is 0.739. The van der Waals surface area contributed by atoms with E-state index in [1.165, 1.54) is 10.4 Å². The minimum Gasteiger partial charge on any atom is -0.368 e. The molecule has 4 rings (SSSR count). The number of anilines is 1. The third-order valence-corrected chi connectivity index (χ3v) is 7.31. The number of amides is 2. The van der Waals surface area contributed by atoms with Crippen LogP contribution in [0.5, 0.6) is 0 Å². The molecular formula is C22H26ClN3O2S. The summed E-state index contributed by atoms with van der Waals surface area (Å²) in [6, 6.07) is 9.88. The molecule has 0 bridgehead atoms. The van der Waals surface area contributed by atoms with Crippen LogP contribution in [0.15, 0.2) is 30.3 Å². The van der Waals surface area contributed by atoms with Crippen LogP contribution < -0.4 is 4.90 Å². The number of thiophene rings is 1. The molecule has 1 fully saturated rings. The molecule has 1 aromatic carbocycles. The van der Waals surface area contributed by atoms with Gasteiger partial charge < -0.3 is 14.7 Å². The molecule has 0 saturated carbocycles. The van der Waals surface area contributed by atoms with Crippen LogP contribution in [-0.4, -0.2) is 61.9 Å². The van der Waals surface area contributed by atoms with Gasteiger partial charge in [0.2, 0.25) is 5.91 Å². The summed E-state index contributed by atoms with van der Waals surface area (Å²) in [6.45, 7) is 3.17. The zero-order valence-corrected chi connectivity index (χ0v) is 18.4. The van der Waals surface area contributed by atoms with Crippen molar-refractivity contribution in [2.45, 2.75) is 19.3 Å². The van der Waals surface area contributed by atoms with E-state index in [4.69, 9.17) is 11.6 Å². The maximum Gasteiger partial charge on any atom is 0.263 e. The van der Waals surface area contributed by atoms with Crippen LogP contribution in [0.4, 0.5) is 5.69 Å². The van der Waals surface area contributed by atoms with Crippen molar-refractivity contribution < 1.29 is 9.59 Å². The fraction of sp³-hybridized carbons (Fsp3) is 0.455. The minimum absolute atomic E-state index is 0.0292. The average Bonchev–Trinajstić information content (AvgIpc) is 3.16. The lowest BCUT2D eigenvalue weighted by molar-refractivity contribution is -0.136. The van der Waals surface area contributed by atoms with Crippen LogP contribution in [0.3, 0.4) is 0 Å². The monoisotopic (exact) mass is 431 g/mol. The normalized spacial score (nSPS) is 19.1. The molecule has 1 aromatic heterocycles. The maximum atomic E-state index is 13.1. The smallest absolute Gasteiger partial charge is 0.263 e. The van der Waals surface area contributed by atoms with E-state index in [1.54, 1.807) is 30.3 Å². The summed E-state index contributed by atoms with van der Waals surface area (Å²) >= 11 is 7.57. The molecule has 2 heterocycles. The van der Waals surface area contributed by atoms with E-state index in [-0.39, 0.29) is 17.7 Å². The van der Waals surface area contributed by atoms with Crippen LogP contribution in [0, 0.1) is 5.92 Å². The summed E-state index contributed by atoms with van der Waals surface area (Å²) in [6.07, 6.45) is 2.52. The Kier molecular flexibility index (Phi) is 5.83. The third kappa shape index (κ3) is 4.28. The van der Waals surface area contributed by atoms with E-state index >= 15 is 0 Å². The van der Waals surface area contributed by atoms with E-state index in [0.29, 0.717) is 0 Å². The maximum absolute atomic E-state index is 13.1. The lowest BCUT2D eigenvalue weighted by Crippen LogP contribution is -2.51. The molecule has 2 aliphatic rings. The molecule has 0 unspecified atom stereocenters. The van der Waals surface area contributed by atoms with Crippen molar-refractivity contribution in [2.24, 2.45) is 5.92 Å². The number of piperazine rings is 1. The van der Waals surface area contributed by atoms with Crippen LogP contribution in [0.25, 0.3) is 0 Å². The van der Waals surface area contributed by atoms with Gasteiger partial charge >= 0.3 is 0 Å². The fourth-order valence-corrected chi connectivity index (χ4v) is 5.51. The molecule has 2 amide bonds. The summed E-state index contributed by atoms with van der Waals surface area (Å²) in [5.74, 6) is 0.338. The van der Waals surface area contributed by atoms with Crippen molar-refractivity contribution in [3.05, 3.63) is 50.7 Å². The molecule has 1 saturated heterocycles. The van der Waals surface area contributed by atoms with Gasteiger partial charge in [0.1, 0.15) is 0 Å². The molecule has 0 radical (unpaired) electrons. The Morgan fingerprint density at radius 1 is 1.10 bits per heavy atom. The van der Waals surface area contributed by atoms with E-state index in [2.05, 4.69) is 4.90 Å². The zero-order chi connectivity index (χ0) is 20.5. The molecule has 1 aliphatic heterocycles. The Bertz CT molecular complexity index is 901. The molecule has 7 heteroatoms. The lowest BCUT2D eigenvalue weighted by Gasteiger charge is -2.38. The third-order valence-electron chi connectivity index (χ3n) is 5.83. The highest BCUT2D eigenvalue weighted by Gasteiger charge is 2.32. The van der Waals surface area contributed by atoms with Gasteiger partial charge in [0, 0.05) is 61.8 Å². The van der Waals surface area contributed by atoms with Gasteiger partial charge in [-0.1, -0.05) is 11.6 Å². The summed E-state index contributed by atoms with van der Waals surface area (Å²) in [7, 11) is 3.55. The first kappa shape index (κ1) is 20.2. The second kappa shape index (κ2) is 8.36. The quantitative estimate of drug-likeness (QED) is 0.746. The van der Waals surface area contributed by atoms with Gasteiger partial charge in [-0.2, -0.15) is 0 Å². The second-order valence-corrected chi connectivity index (χ2v) is 9.56. The summed E-state index contributed by atoms with van der Waals surface area (Å²) in [4.78, 5) is 33.3. The van der Waals surface area contributed by atoms with Crippen molar-refractivity contribution in [3.63, 3.8) is 0 Å². The highest BCUT2D eigenvalue weighted by molar-refractivity contribution is 7.14. The van der Waals surface area contributed by atoms with Crippen LogP contribution >= 0.6 is 22.9 Å². The first-order valence-corrected chi connectivity index (χ1v) is 11.2. The van der Waals surface area contributed by atoms with E-state index in [1.807, 2.05) is 35.2 Å². The topological polar surface area (TPSA) is 43.9 Å². The van der Waals surface area contributed by atoms with E-state index in [9.17, 15) is 9.59 Å². The second-order valence-electron chi connectivity index (χ2n) is 7.99. The predicted molar refractivity (Wildman–Crippen MR) is 118 cm³/mol. The molecule has 1 aliphatic carbocycles. The van der Waals surface area contributed by atoms with E-state index in [0.717, 1.165) is 61.0 Å². The Balaban J connectivity index is 1.36. The SMILES string of the molecule is CN(C)C(=O)c1cc2c(s1)CC[C@@H](C(=O)N1CCN(c3ccc(Cl)cc3)CC1)C2. The number of rotatable bonds is 3. The molecule has 0 spiro atoms. The molecule has 1 atom stereocenters. The van der Waals surface area contributed by atoms with Crippen LogP contribution in [0.1, 0.15) is 26.5 Å². The largest absolute Gasteiger partial charge is 0.368 e. The van der Waals surface area contributed by atoms with Gasteiger partial charge in [-0.3, -0.25) is 9.59 Å². The van der Waals surface area contributed by atoms with Crippen molar-refractivity contribution in [2.75, 3.05) is 45.2 Å². The van der Waals surface area contributed by atoms with Gasteiger partial charge in [0.25, 0.3) is 5.91 Å².